The number of nitrogens with zero attached hydrogens (tertiary/aromatic N) is 2. The lowest BCUT2D eigenvalue weighted by Gasteiger charge is -2.15. The summed E-state index contributed by atoms with van der Waals surface area (Å²) in [5, 5.41) is 10.5. The van der Waals surface area contributed by atoms with Gasteiger partial charge in [0, 0.05) is 22.0 Å². The van der Waals surface area contributed by atoms with Crippen LogP contribution in [0.4, 0.5) is 0 Å². The first-order chi connectivity index (χ1) is 9.32. The summed E-state index contributed by atoms with van der Waals surface area (Å²) in [6.45, 7) is 8.01. The van der Waals surface area contributed by atoms with Gasteiger partial charge in [-0.25, -0.2) is 0 Å². The number of aryl methyl sites for hydroxylation is 1. The Labute approximate surface area is 127 Å². The van der Waals surface area contributed by atoms with E-state index < -0.39 is 0 Å². The maximum atomic E-state index is 9.36. The van der Waals surface area contributed by atoms with E-state index in [0.29, 0.717) is 21.4 Å². The number of ether oxygens (including phenoxy) is 1. The van der Waals surface area contributed by atoms with Gasteiger partial charge >= 0.3 is 0 Å². The highest BCUT2D eigenvalue weighted by atomic mass is 35.5. The number of hydrogen-bond donors (Lipinski definition) is 0. The first-order valence-electron chi connectivity index (χ1n) is 6.17. The molecule has 20 heavy (non-hydrogen) atoms. The predicted octanol–water partition coefficient (Wildman–Crippen LogP) is 5.07. The van der Waals surface area contributed by atoms with E-state index in [-0.39, 0.29) is 5.41 Å². The van der Waals surface area contributed by atoms with Crippen LogP contribution in [0.1, 0.15) is 37.6 Å². The van der Waals surface area contributed by atoms with Crippen LogP contribution in [0.15, 0.2) is 18.2 Å². The fraction of sp³-hybridized carbons (Fsp3) is 0.333. The van der Waals surface area contributed by atoms with Gasteiger partial charge < -0.3 is 4.74 Å². The number of hydrogen-bond acceptors (Lipinski definition) is 4. The van der Waals surface area contributed by atoms with Gasteiger partial charge in [0.2, 0.25) is 5.06 Å². The van der Waals surface area contributed by atoms with E-state index in [1.54, 1.807) is 6.07 Å². The second-order valence-electron chi connectivity index (χ2n) is 5.57. The van der Waals surface area contributed by atoms with Crippen molar-refractivity contribution in [3.05, 3.63) is 40.0 Å². The zero-order valence-corrected chi connectivity index (χ0v) is 13.4. The molecular weight excluding hydrogens is 292 g/mol. The number of benzene rings is 1. The van der Waals surface area contributed by atoms with Crippen LogP contribution in [-0.4, -0.2) is 4.37 Å². The van der Waals surface area contributed by atoms with E-state index in [0.717, 1.165) is 11.3 Å². The molecule has 0 saturated carbocycles. The Balaban J connectivity index is 2.43. The van der Waals surface area contributed by atoms with Crippen molar-refractivity contribution in [3.63, 3.8) is 0 Å². The molecule has 0 N–H and O–H groups in total. The molecule has 0 aliphatic rings. The molecule has 1 aromatic carbocycles. The molecule has 3 nitrogen and oxygen atoms in total. The van der Waals surface area contributed by atoms with Gasteiger partial charge in [0.1, 0.15) is 17.4 Å². The lowest BCUT2D eigenvalue weighted by Crippen LogP contribution is -2.13. The molecular formula is C15H15ClN2OS. The lowest BCUT2D eigenvalue weighted by molar-refractivity contribution is 0.488. The Morgan fingerprint density at radius 2 is 2.05 bits per heavy atom. The summed E-state index contributed by atoms with van der Waals surface area (Å²) in [7, 11) is 0. The maximum absolute atomic E-state index is 9.36. The first kappa shape index (κ1) is 14.8. The molecule has 1 aromatic heterocycles. The van der Waals surface area contributed by atoms with Crippen LogP contribution in [0.2, 0.25) is 5.02 Å². The summed E-state index contributed by atoms with van der Waals surface area (Å²) in [6, 6.07) is 7.63. The molecule has 0 aliphatic heterocycles. The second-order valence-corrected chi connectivity index (χ2v) is 6.74. The van der Waals surface area contributed by atoms with E-state index in [9.17, 15) is 5.26 Å². The van der Waals surface area contributed by atoms with Crippen molar-refractivity contribution < 1.29 is 4.74 Å². The third-order valence-electron chi connectivity index (χ3n) is 2.84. The highest BCUT2D eigenvalue weighted by Gasteiger charge is 2.25. The summed E-state index contributed by atoms with van der Waals surface area (Å²) in [4.78, 5) is 0. The lowest BCUT2D eigenvalue weighted by atomic mass is 9.90. The minimum Gasteiger partial charge on any atom is -0.443 e. The van der Waals surface area contributed by atoms with Crippen molar-refractivity contribution in [1.82, 2.24) is 4.37 Å². The highest BCUT2D eigenvalue weighted by molar-refractivity contribution is 7.08. The molecule has 0 amide bonds. The standard InChI is InChI=1S/C15H15ClN2OS/c1-9-5-6-10(16)7-12(9)19-14-11(8-17)13(18-20-14)15(2,3)4/h5-7H,1-4H3. The monoisotopic (exact) mass is 306 g/mol. The minimum atomic E-state index is -0.188. The van der Waals surface area contributed by atoms with Crippen LogP contribution in [0.3, 0.4) is 0 Å². The second kappa shape index (κ2) is 5.43. The minimum absolute atomic E-state index is 0.188. The van der Waals surface area contributed by atoms with Crippen molar-refractivity contribution in [2.24, 2.45) is 0 Å². The number of rotatable bonds is 2. The fourth-order valence-corrected chi connectivity index (χ4v) is 2.80. The van der Waals surface area contributed by atoms with E-state index in [1.807, 2.05) is 39.8 Å². The molecule has 2 aromatic rings. The Kier molecular flexibility index (Phi) is 4.03. The molecule has 0 spiro atoms. The van der Waals surface area contributed by atoms with Crippen LogP contribution in [0.25, 0.3) is 0 Å². The van der Waals surface area contributed by atoms with Gasteiger partial charge in [0.05, 0.1) is 5.69 Å². The van der Waals surface area contributed by atoms with E-state index in [2.05, 4.69) is 10.4 Å². The van der Waals surface area contributed by atoms with E-state index in [1.165, 1.54) is 11.5 Å². The molecule has 0 fully saturated rings. The normalized spacial score (nSPS) is 11.2. The predicted molar refractivity (Wildman–Crippen MR) is 81.8 cm³/mol. The van der Waals surface area contributed by atoms with E-state index >= 15 is 0 Å². The largest absolute Gasteiger partial charge is 0.443 e. The van der Waals surface area contributed by atoms with Crippen molar-refractivity contribution in [2.45, 2.75) is 33.1 Å². The summed E-state index contributed by atoms with van der Waals surface area (Å²) in [5.74, 6) is 0.651. The fourth-order valence-electron chi connectivity index (χ4n) is 1.74. The molecule has 1 heterocycles. The summed E-state index contributed by atoms with van der Waals surface area (Å²) < 4.78 is 10.2. The molecule has 0 unspecified atom stereocenters. The Morgan fingerprint density at radius 1 is 1.35 bits per heavy atom. The zero-order valence-electron chi connectivity index (χ0n) is 11.8. The Morgan fingerprint density at radius 3 is 2.65 bits per heavy atom. The van der Waals surface area contributed by atoms with Gasteiger partial charge in [-0.05, 0) is 24.6 Å². The van der Waals surface area contributed by atoms with Gasteiger partial charge in [-0.3, -0.25) is 0 Å². The van der Waals surface area contributed by atoms with Gasteiger partial charge in [-0.15, -0.1) is 0 Å². The van der Waals surface area contributed by atoms with Crippen LogP contribution >= 0.6 is 23.1 Å². The maximum Gasteiger partial charge on any atom is 0.218 e. The van der Waals surface area contributed by atoms with Crippen LogP contribution in [-0.2, 0) is 5.41 Å². The van der Waals surface area contributed by atoms with Gasteiger partial charge in [0.25, 0.3) is 0 Å². The van der Waals surface area contributed by atoms with E-state index in [4.69, 9.17) is 16.3 Å². The molecule has 0 aliphatic carbocycles. The average molecular weight is 307 g/mol. The van der Waals surface area contributed by atoms with Crippen LogP contribution < -0.4 is 4.74 Å². The van der Waals surface area contributed by atoms with Crippen molar-refractivity contribution in [1.29, 1.82) is 5.26 Å². The van der Waals surface area contributed by atoms with Gasteiger partial charge in [-0.1, -0.05) is 38.4 Å². The molecule has 0 atom stereocenters. The third-order valence-corrected chi connectivity index (χ3v) is 3.80. The quantitative estimate of drug-likeness (QED) is 0.778. The molecule has 0 radical (unpaired) electrons. The highest BCUT2D eigenvalue weighted by Crippen LogP contribution is 2.38. The van der Waals surface area contributed by atoms with Crippen LogP contribution in [0.5, 0.6) is 10.8 Å². The smallest absolute Gasteiger partial charge is 0.218 e. The summed E-state index contributed by atoms with van der Waals surface area (Å²) in [6.07, 6.45) is 0. The number of halogens is 1. The molecule has 2 rings (SSSR count). The zero-order chi connectivity index (χ0) is 14.9. The Hall–Kier alpha value is -1.57. The summed E-state index contributed by atoms with van der Waals surface area (Å²) in [5.41, 5.74) is 2.04. The third kappa shape index (κ3) is 2.95. The molecule has 0 bridgehead atoms. The summed E-state index contributed by atoms with van der Waals surface area (Å²) >= 11 is 7.18. The number of nitriles is 1. The first-order valence-corrected chi connectivity index (χ1v) is 7.32. The molecule has 104 valence electrons. The molecule has 5 heteroatoms. The van der Waals surface area contributed by atoms with Crippen LogP contribution in [0, 0.1) is 18.3 Å². The topological polar surface area (TPSA) is 45.9 Å². The Bertz CT molecular complexity index is 680. The van der Waals surface area contributed by atoms with Crippen molar-refractivity contribution in [3.8, 4) is 16.9 Å². The average Bonchev–Trinajstić information content (AvgIpc) is 2.76. The van der Waals surface area contributed by atoms with Gasteiger partial charge in [0.15, 0.2) is 0 Å². The molecule has 0 saturated heterocycles. The number of aromatic nitrogens is 1. The van der Waals surface area contributed by atoms with Crippen molar-refractivity contribution >= 4 is 23.1 Å². The SMILES string of the molecule is Cc1ccc(Cl)cc1Oc1snc(C(C)(C)C)c1C#N. The van der Waals surface area contributed by atoms with Gasteiger partial charge in [-0.2, -0.15) is 9.64 Å². The van der Waals surface area contributed by atoms with Crippen molar-refractivity contribution in [2.75, 3.05) is 0 Å².